The predicted octanol–water partition coefficient (Wildman–Crippen LogP) is 1.93. The molecule has 4 heteroatoms. The maximum atomic E-state index is 8.56. The Morgan fingerprint density at radius 3 is 2.31 bits per heavy atom. The molecular formula is C12H17NO2Si. The van der Waals surface area contributed by atoms with E-state index in [2.05, 4.69) is 6.07 Å². The van der Waals surface area contributed by atoms with E-state index in [4.69, 9.17) is 14.1 Å². The van der Waals surface area contributed by atoms with Crippen molar-refractivity contribution in [3.63, 3.8) is 0 Å². The van der Waals surface area contributed by atoms with Crippen LogP contribution < -0.4 is 5.19 Å². The standard InChI is InChI=1S/C12H17NO2Si/c1-14-16(15-2,11-7-6-10-13)12-8-4-3-5-9-12/h3-5,8-9H,6-7,11H2,1-2H3. The first kappa shape index (κ1) is 12.9. The Hall–Kier alpha value is -1.15. The second kappa shape index (κ2) is 6.43. The summed E-state index contributed by atoms with van der Waals surface area (Å²) in [4.78, 5) is 0. The Bertz CT molecular complexity index is 344. The maximum absolute atomic E-state index is 8.56. The highest BCUT2D eigenvalue weighted by atomic mass is 28.4. The zero-order chi connectivity index (χ0) is 11.9. The minimum atomic E-state index is -2.31. The minimum absolute atomic E-state index is 0.550. The lowest BCUT2D eigenvalue weighted by molar-refractivity contribution is 0.256. The van der Waals surface area contributed by atoms with E-state index >= 15 is 0 Å². The van der Waals surface area contributed by atoms with Gasteiger partial charge in [-0.05, 0) is 17.7 Å². The van der Waals surface area contributed by atoms with Crippen LogP contribution in [0.4, 0.5) is 0 Å². The maximum Gasteiger partial charge on any atom is 0.372 e. The molecule has 0 spiro atoms. The van der Waals surface area contributed by atoms with Crippen LogP contribution in [-0.2, 0) is 8.85 Å². The number of unbranched alkanes of at least 4 members (excludes halogenated alkanes) is 1. The van der Waals surface area contributed by atoms with Gasteiger partial charge in [0.1, 0.15) is 0 Å². The van der Waals surface area contributed by atoms with Crippen LogP contribution in [0.15, 0.2) is 30.3 Å². The van der Waals surface area contributed by atoms with Gasteiger partial charge in [-0.2, -0.15) is 5.26 Å². The summed E-state index contributed by atoms with van der Waals surface area (Å²) in [6, 6.07) is 13.0. The molecule has 3 nitrogen and oxygen atoms in total. The summed E-state index contributed by atoms with van der Waals surface area (Å²) in [5.41, 5.74) is 0. The van der Waals surface area contributed by atoms with Crippen molar-refractivity contribution in [3.05, 3.63) is 30.3 Å². The largest absolute Gasteiger partial charge is 0.394 e. The molecule has 1 aromatic rings. The Kier molecular flexibility index (Phi) is 5.19. The van der Waals surface area contributed by atoms with Crippen molar-refractivity contribution in [2.75, 3.05) is 14.2 Å². The van der Waals surface area contributed by atoms with Crippen molar-refractivity contribution in [1.29, 1.82) is 5.26 Å². The fourth-order valence-corrected chi connectivity index (χ4v) is 4.44. The molecule has 0 fully saturated rings. The average molecular weight is 235 g/mol. The molecule has 0 aliphatic carbocycles. The van der Waals surface area contributed by atoms with Crippen LogP contribution >= 0.6 is 0 Å². The molecule has 0 N–H and O–H groups in total. The Labute approximate surface area is 97.9 Å². The second-order valence-electron chi connectivity index (χ2n) is 3.54. The SMILES string of the molecule is CO[Si](CCCC#N)(OC)c1ccccc1. The first-order chi connectivity index (χ1) is 7.79. The molecule has 0 aliphatic rings. The van der Waals surface area contributed by atoms with Gasteiger partial charge in [-0.3, -0.25) is 0 Å². The van der Waals surface area contributed by atoms with Crippen molar-refractivity contribution >= 4 is 13.7 Å². The van der Waals surface area contributed by atoms with E-state index in [-0.39, 0.29) is 0 Å². The number of nitriles is 1. The molecule has 1 rings (SSSR count). The molecule has 0 saturated heterocycles. The van der Waals surface area contributed by atoms with E-state index in [1.54, 1.807) is 14.2 Å². The van der Waals surface area contributed by atoms with Crippen LogP contribution in [0, 0.1) is 11.3 Å². The second-order valence-corrected chi connectivity index (χ2v) is 6.94. The predicted molar refractivity (Wildman–Crippen MR) is 65.5 cm³/mol. The minimum Gasteiger partial charge on any atom is -0.394 e. The highest BCUT2D eigenvalue weighted by Crippen LogP contribution is 2.15. The Morgan fingerprint density at radius 1 is 1.19 bits per heavy atom. The number of rotatable bonds is 6. The normalized spacial score (nSPS) is 11.1. The van der Waals surface area contributed by atoms with Crippen molar-refractivity contribution in [2.45, 2.75) is 18.9 Å². The lowest BCUT2D eigenvalue weighted by Gasteiger charge is -2.27. The van der Waals surface area contributed by atoms with E-state index in [9.17, 15) is 0 Å². The first-order valence-corrected chi connectivity index (χ1v) is 7.34. The van der Waals surface area contributed by atoms with E-state index in [1.165, 1.54) is 0 Å². The number of benzene rings is 1. The molecule has 16 heavy (non-hydrogen) atoms. The van der Waals surface area contributed by atoms with Crippen LogP contribution in [0.5, 0.6) is 0 Å². The zero-order valence-corrected chi connectivity index (χ0v) is 10.8. The van der Waals surface area contributed by atoms with Crippen LogP contribution in [0.25, 0.3) is 0 Å². The van der Waals surface area contributed by atoms with Crippen molar-refractivity contribution in [2.24, 2.45) is 0 Å². The summed E-state index contributed by atoms with van der Waals surface area (Å²) >= 11 is 0. The van der Waals surface area contributed by atoms with Gasteiger partial charge >= 0.3 is 8.56 Å². The average Bonchev–Trinajstić information content (AvgIpc) is 2.36. The van der Waals surface area contributed by atoms with Gasteiger partial charge in [0.2, 0.25) is 0 Å². The van der Waals surface area contributed by atoms with Gasteiger partial charge in [-0.25, -0.2) is 0 Å². The third-order valence-electron chi connectivity index (χ3n) is 2.67. The molecule has 0 bridgehead atoms. The molecule has 0 aliphatic heterocycles. The monoisotopic (exact) mass is 235 g/mol. The topological polar surface area (TPSA) is 42.2 Å². The van der Waals surface area contributed by atoms with Crippen LogP contribution in [0.1, 0.15) is 12.8 Å². The van der Waals surface area contributed by atoms with Gasteiger partial charge in [0.05, 0.1) is 6.07 Å². The fraction of sp³-hybridized carbons (Fsp3) is 0.417. The van der Waals surface area contributed by atoms with Crippen molar-refractivity contribution in [1.82, 2.24) is 0 Å². The molecule has 0 amide bonds. The van der Waals surface area contributed by atoms with Gasteiger partial charge in [-0.15, -0.1) is 0 Å². The van der Waals surface area contributed by atoms with Gasteiger partial charge in [0.15, 0.2) is 0 Å². The Morgan fingerprint density at radius 2 is 1.81 bits per heavy atom. The van der Waals surface area contributed by atoms with Crippen LogP contribution in [0.3, 0.4) is 0 Å². The van der Waals surface area contributed by atoms with Gasteiger partial charge in [-0.1, -0.05) is 30.3 Å². The van der Waals surface area contributed by atoms with Crippen molar-refractivity contribution < 1.29 is 8.85 Å². The molecule has 0 saturated carbocycles. The summed E-state index contributed by atoms with van der Waals surface area (Å²) in [7, 11) is 1.07. The molecular weight excluding hydrogens is 218 g/mol. The van der Waals surface area contributed by atoms with E-state index < -0.39 is 8.56 Å². The summed E-state index contributed by atoms with van der Waals surface area (Å²) in [5, 5.41) is 9.69. The van der Waals surface area contributed by atoms with E-state index in [1.807, 2.05) is 30.3 Å². The third kappa shape index (κ3) is 2.92. The quantitative estimate of drug-likeness (QED) is 0.559. The Balaban J connectivity index is 2.84. The molecule has 1 aromatic carbocycles. The first-order valence-electron chi connectivity index (χ1n) is 5.32. The molecule has 86 valence electrons. The zero-order valence-electron chi connectivity index (χ0n) is 9.77. The summed E-state index contributed by atoms with van der Waals surface area (Å²) in [6.07, 6.45) is 1.37. The van der Waals surface area contributed by atoms with E-state index in [0.29, 0.717) is 6.42 Å². The molecule has 0 unspecified atom stereocenters. The molecule has 0 aromatic heterocycles. The summed E-state index contributed by atoms with van der Waals surface area (Å²) in [5.74, 6) is 0. The number of nitrogens with zero attached hydrogens (tertiary/aromatic N) is 1. The van der Waals surface area contributed by atoms with Crippen LogP contribution in [-0.4, -0.2) is 22.8 Å². The highest BCUT2D eigenvalue weighted by molar-refractivity contribution is 6.81. The van der Waals surface area contributed by atoms with E-state index in [0.717, 1.165) is 17.7 Å². The van der Waals surface area contributed by atoms with Crippen molar-refractivity contribution in [3.8, 4) is 6.07 Å². The van der Waals surface area contributed by atoms with Gasteiger partial charge in [0.25, 0.3) is 0 Å². The van der Waals surface area contributed by atoms with Crippen LogP contribution in [0.2, 0.25) is 6.04 Å². The van der Waals surface area contributed by atoms with Gasteiger partial charge in [0, 0.05) is 20.6 Å². The summed E-state index contributed by atoms with van der Waals surface area (Å²) < 4.78 is 11.3. The fourth-order valence-electron chi connectivity index (χ4n) is 1.76. The molecule has 0 atom stereocenters. The van der Waals surface area contributed by atoms with Gasteiger partial charge < -0.3 is 8.85 Å². The highest BCUT2D eigenvalue weighted by Gasteiger charge is 2.37. The molecule has 0 radical (unpaired) electrons. The lowest BCUT2D eigenvalue weighted by atomic mass is 10.4. The molecule has 0 heterocycles. The smallest absolute Gasteiger partial charge is 0.372 e. The summed E-state index contributed by atoms with van der Waals surface area (Å²) in [6.45, 7) is 0. The third-order valence-corrected chi connectivity index (χ3v) is 6.21. The number of hydrogen-bond acceptors (Lipinski definition) is 3. The number of hydrogen-bond donors (Lipinski definition) is 0. The lowest BCUT2D eigenvalue weighted by Crippen LogP contribution is -2.52.